The van der Waals surface area contributed by atoms with Crippen molar-refractivity contribution in [2.45, 2.75) is 57.8 Å². The average molecular weight is 609 g/mol. The number of amides is 1. The first kappa shape index (κ1) is 31.9. The predicted octanol–water partition coefficient (Wildman–Crippen LogP) is 7.08. The molecule has 2 atom stereocenters. The number of ketones is 1. The highest BCUT2D eigenvalue weighted by atomic mass is 16.8. The summed E-state index contributed by atoms with van der Waals surface area (Å²) in [7, 11) is 0. The second-order valence-electron chi connectivity index (χ2n) is 12.3. The minimum Gasteiger partial charge on any atom is -0.427 e. The second-order valence-corrected chi connectivity index (χ2v) is 12.3. The molecule has 1 aliphatic heterocycles. The lowest BCUT2D eigenvalue weighted by atomic mass is 9.87. The Balaban J connectivity index is 1.23. The lowest BCUT2D eigenvalue weighted by Crippen LogP contribution is -2.45. The van der Waals surface area contributed by atoms with Crippen LogP contribution in [0.1, 0.15) is 71.4 Å². The number of ether oxygens (including phenoxy) is 2. The van der Waals surface area contributed by atoms with Gasteiger partial charge in [0.15, 0.2) is 5.78 Å². The standard InChI is InChI=1S/C37H40N2O6/c1-37(2,3)44-36(42)45-39-22-20-32(34(24-39)43-25-26-13-14-27-9-7-8-12-31(27)23-26)28-15-17-30(18-16-28)35(41)38-21-19-33(40)29-10-5-4-6-11-29/h4-18,23,32,34H,19-22,24-25H2,1-3H3,(H,38,41). The van der Waals surface area contributed by atoms with Crippen LogP contribution in [0.4, 0.5) is 4.79 Å². The molecule has 0 aromatic heterocycles. The molecule has 1 saturated heterocycles. The van der Waals surface area contributed by atoms with Crippen molar-refractivity contribution >= 4 is 28.6 Å². The number of carbonyl (C=O) groups excluding carboxylic acids is 3. The van der Waals surface area contributed by atoms with Gasteiger partial charge in [0.2, 0.25) is 0 Å². The third-order valence-electron chi connectivity index (χ3n) is 7.73. The van der Waals surface area contributed by atoms with Crippen molar-refractivity contribution in [3.8, 4) is 0 Å². The van der Waals surface area contributed by atoms with Crippen LogP contribution in [0.15, 0.2) is 97.1 Å². The fourth-order valence-corrected chi connectivity index (χ4v) is 5.47. The van der Waals surface area contributed by atoms with E-state index in [1.54, 1.807) is 50.1 Å². The molecular formula is C37H40N2O6. The van der Waals surface area contributed by atoms with Crippen LogP contribution in [0.25, 0.3) is 10.8 Å². The maximum Gasteiger partial charge on any atom is 0.528 e. The number of nitrogens with zero attached hydrogens (tertiary/aromatic N) is 1. The molecule has 0 bridgehead atoms. The van der Waals surface area contributed by atoms with Gasteiger partial charge < -0.3 is 19.6 Å². The van der Waals surface area contributed by atoms with E-state index in [1.807, 2.05) is 42.5 Å². The Morgan fingerprint density at radius 2 is 1.56 bits per heavy atom. The average Bonchev–Trinajstić information content (AvgIpc) is 3.03. The maximum absolute atomic E-state index is 12.8. The van der Waals surface area contributed by atoms with Crippen LogP contribution in [-0.4, -0.2) is 54.2 Å². The summed E-state index contributed by atoms with van der Waals surface area (Å²) < 4.78 is 11.9. The molecule has 8 nitrogen and oxygen atoms in total. The van der Waals surface area contributed by atoms with Crippen LogP contribution >= 0.6 is 0 Å². The van der Waals surface area contributed by atoms with Crippen molar-refractivity contribution in [2.75, 3.05) is 19.6 Å². The van der Waals surface area contributed by atoms with Gasteiger partial charge in [-0.15, -0.1) is 5.06 Å². The third-order valence-corrected chi connectivity index (χ3v) is 7.73. The molecule has 234 valence electrons. The summed E-state index contributed by atoms with van der Waals surface area (Å²) in [5, 5.41) is 6.77. The van der Waals surface area contributed by atoms with Crippen molar-refractivity contribution in [3.63, 3.8) is 0 Å². The summed E-state index contributed by atoms with van der Waals surface area (Å²) in [6, 6.07) is 31.0. The molecule has 0 radical (unpaired) electrons. The molecule has 0 spiro atoms. The molecule has 1 heterocycles. The van der Waals surface area contributed by atoms with Gasteiger partial charge in [-0.1, -0.05) is 78.9 Å². The van der Waals surface area contributed by atoms with Gasteiger partial charge in [-0.3, -0.25) is 9.59 Å². The van der Waals surface area contributed by atoms with E-state index in [9.17, 15) is 14.4 Å². The number of fused-ring (bicyclic) bond motifs is 1. The molecule has 2 unspecified atom stereocenters. The Kier molecular flexibility index (Phi) is 10.3. The van der Waals surface area contributed by atoms with Crippen LogP contribution in [0.2, 0.25) is 0 Å². The number of Topliss-reactive ketones (excluding diaryl/α,β-unsaturated/α-hetero) is 1. The molecule has 8 heteroatoms. The zero-order valence-electron chi connectivity index (χ0n) is 26.0. The van der Waals surface area contributed by atoms with Crippen molar-refractivity contribution in [3.05, 3.63) is 119 Å². The molecule has 1 amide bonds. The van der Waals surface area contributed by atoms with E-state index >= 15 is 0 Å². The Labute approximate surface area is 264 Å². The van der Waals surface area contributed by atoms with Crippen LogP contribution in [0.3, 0.4) is 0 Å². The summed E-state index contributed by atoms with van der Waals surface area (Å²) in [4.78, 5) is 43.1. The summed E-state index contributed by atoms with van der Waals surface area (Å²) in [6.07, 6.45) is -0.113. The van der Waals surface area contributed by atoms with Crippen molar-refractivity contribution in [1.29, 1.82) is 0 Å². The van der Waals surface area contributed by atoms with Gasteiger partial charge in [-0.25, -0.2) is 4.79 Å². The molecule has 1 aliphatic rings. The van der Waals surface area contributed by atoms with E-state index in [-0.39, 0.29) is 36.7 Å². The van der Waals surface area contributed by atoms with E-state index in [1.165, 1.54) is 5.39 Å². The number of piperidine rings is 1. The number of nitrogens with one attached hydrogen (secondary N) is 1. The molecule has 1 fully saturated rings. The molecule has 45 heavy (non-hydrogen) atoms. The van der Waals surface area contributed by atoms with Crippen molar-refractivity contribution < 1.29 is 28.7 Å². The minimum absolute atomic E-state index is 0.0111. The molecule has 4 aromatic rings. The Bertz CT molecular complexity index is 1610. The van der Waals surface area contributed by atoms with Gasteiger partial charge in [-0.2, -0.15) is 0 Å². The molecule has 0 aliphatic carbocycles. The van der Waals surface area contributed by atoms with Gasteiger partial charge in [0, 0.05) is 36.6 Å². The first-order valence-electron chi connectivity index (χ1n) is 15.4. The number of benzene rings is 4. The Morgan fingerprint density at radius 1 is 0.844 bits per heavy atom. The lowest BCUT2D eigenvalue weighted by molar-refractivity contribution is -0.179. The van der Waals surface area contributed by atoms with Crippen LogP contribution in [-0.2, 0) is 20.9 Å². The zero-order chi connectivity index (χ0) is 31.8. The van der Waals surface area contributed by atoms with Gasteiger partial charge in [0.1, 0.15) is 5.60 Å². The minimum atomic E-state index is -0.741. The highest BCUT2D eigenvalue weighted by Gasteiger charge is 2.34. The van der Waals surface area contributed by atoms with Gasteiger partial charge >= 0.3 is 6.16 Å². The quantitative estimate of drug-likeness (QED) is 0.152. The van der Waals surface area contributed by atoms with Crippen molar-refractivity contribution in [2.24, 2.45) is 0 Å². The first-order valence-corrected chi connectivity index (χ1v) is 15.4. The van der Waals surface area contributed by atoms with Crippen LogP contribution < -0.4 is 5.32 Å². The summed E-state index contributed by atoms with van der Waals surface area (Å²) >= 11 is 0. The SMILES string of the molecule is CC(C)(C)OC(=O)ON1CCC(c2ccc(C(=O)NCCC(=O)c3ccccc3)cc2)C(OCc2ccc3ccccc3c2)C1. The highest BCUT2D eigenvalue weighted by molar-refractivity contribution is 5.97. The molecule has 5 rings (SSSR count). The molecule has 1 N–H and O–H groups in total. The third kappa shape index (κ3) is 9.00. The fraction of sp³-hybridized carbons (Fsp3) is 0.324. The van der Waals surface area contributed by atoms with E-state index < -0.39 is 11.8 Å². The Morgan fingerprint density at radius 3 is 2.29 bits per heavy atom. The number of hydroxylamine groups is 2. The normalized spacial score (nSPS) is 17.0. The van der Waals surface area contributed by atoms with E-state index in [0.717, 1.165) is 16.5 Å². The highest BCUT2D eigenvalue weighted by Crippen LogP contribution is 2.32. The summed E-state index contributed by atoms with van der Waals surface area (Å²) in [5.41, 5.74) is 2.58. The van der Waals surface area contributed by atoms with Gasteiger partial charge in [0.25, 0.3) is 5.91 Å². The maximum atomic E-state index is 12.8. The monoisotopic (exact) mass is 608 g/mol. The first-order chi connectivity index (χ1) is 21.6. The van der Waals surface area contributed by atoms with Crippen LogP contribution in [0.5, 0.6) is 0 Å². The topological polar surface area (TPSA) is 94.2 Å². The second kappa shape index (κ2) is 14.5. The van der Waals surface area contributed by atoms with Crippen LogP contribution in [0, 0.1) is 0 Å². The summed E-state index contributed by atoms with van der Waals surface area (Å²) in [5.74, 6) is -0.223. The zero-order valence-corrected chi connectivity index (χ0v) is 26.0. The molecule has 4 aromatic carbocycles. The molecular weight excluding hydrogens is 568 g/mol. The van der Waals surface area contributed by atoms with E-state index in [4.69, 9.17) is 14.3 Å². The van der Waals surface area contributed by atoms with Gasteiger partial charge in [0.05, 0.1) is 19.3 Å². The van der Waals surface area contributed by atoms with Crippen molar-refractivity contribution in [1.82, 2.24) is 10.4 Å². The number of carbonyl (C=O) groups is 3. The Hall–Kier alpha value is -4.53. The fourth-order valence-electron chi connectivity index (χ4n) is 5.47. The van der Waals surface area contributed by atoms with E-state index in [0.29, 0.717) is 37.2 Å². The van der Waals surface area contributed by atoms with E-state index in [2.05, 4.69) is 35.6 Å². The smallest absolute Gasteiger partial charge is 0.427 e. The molecule has 0 saturated carbocycles. The van der Waals surface area contributed by atoms with Gasteiger partial charge in [-0.05, 0) is 67.3 Å². The lowest BCUT2D eigenvalue weighted by Gasteiger charge is -2.37. The largest absolute Gasteiger partial charge is 0.528 e. The number of hydrogen-bond donors (Lipinski definition) is 1. The summed E-state index contributed by atoms with van der Waals surface area (Å²) in [6.45, 7) is 6.93. The number of rotatable bonds is 10. The number of hydrogen-bond acceptors (Lipinski definition) is 7. The predicted molar refractivity (Wildman–Crippen MR) is 173 cm³/mol.